The van der Waals surface area contributed by atoms with E-state index in [0.717, 1.165) is 36.1 Å². The van der Waals surface area contributed by atoms with Gasteiger partial charge >= 0.3 is 0 Å². The largest absolute Gasteiger partial charge is 0.370 e. The Kier molecular flexibility index (Phi) is 7.34. The van der Waals surface area contributed by atoms with Gasteiger partial charge in [-0.3, -0.25) is 4.79 Å². The summed E-state index contributed by atoms with van der Waals surface area (Å²) in [7, 11) is -3.04. The highest BCUT2D eigenvalue weighted by Gasteiger charge is 2.34. The highest BCUT2D eigenvalue weighted by molar-refractivity contribution is 7.99. The standard InChI is InChI=1S/C20H28N4O3S2/c1-3-5-11-24(15-10-12-29(26,27)14-15)18(25)13-28-20-22-17-9-7-6-8-16(17)19(23-20)21-4-2/h6-9,15H,3-5,10-14H2,1-2H3,(H,21,22,23). The van der Waals surface area contributed by atoms with Crippen molar-refractivity contribution in [2.75, 3.05) is 35.7 Å². The van der Waals surface area contributed by atoms with Gasteiger partial charge in [-0.2, -0.15) is 0 Å². The smallest absolute Gasteiger partial charge is 0.233 e. The minimum absolute atomic E-state index is 0.0488. The van der Waals surface area contributed by atoms with Gasteiger partial charge in [-0.15, -0.1) is 0 Å². The van der Waals surface area contributed by atoms with Crippen molar-refractivity contribution in [2.45, 2.75) is 44.3 Å². The average molecular weight is 437 g/mol. The monoisotopic (exact) mass is 436 g/mol. The number of benzene rings is 1. The number of unbranched alkanes of at least 4 members (excludes halogenated alkanes) is 1. The van der Waals surface area contributed by atoms with Gasteiger partial charge in [0, 0.05) is 24.5 Å². The first kappa shape index (κ1) is 21.8. The SMILES string of the molecule is CCCCN(C(=O)CSc1nc(NCC)c2ccccc2n1)C1CCS(=O)(=O)C1. The summed E-state index contributed by atoms with van der Waals surface area (Å²) >= 11 is 1.30. The zero-order chi connectivity index (χ0) is 20.9. The number of thioether (sulfide) groups is 1. The molecule has 158 valence electrons. The van der Waals surface area contributed by atoms with Gasteiger partial charge in [-0.05, 0) is 31.9 Å². The van der Waals surface area contributed by atoms with Crippen LogP contribution in [0.5, 0.6) is 0 Å². The van der Waals surface area contributed by atoms with Crippen LogP contribution in [-0.4, -0.2) is 65.6 Å². The Labute approximate surface area is 176 Å². The first-order valence-electron chi connectivity index (χ1n) is 10.1. The zero-order valence-electron chi connectivity index (χ0n) is 16.9. The molecule has 9 heteroatoms. The van der Waals surface area contributed by atoms with E-state index in [0.29, 0.717) is 18.1 Å². The third-order valence-electron chi connectivity index (χ3n) is 4.97. The molecular weight excluding hydrogens is 408 g/mol. The Morgan fingerprint density at radius 3 is 2.76 bits per heavy atom. The van der Waals surface area contributed by atoms with Gasteiger partial charge in [0.2, 0.25) is 5.91 Å². The van der Waals surface area contributed by atoms with Gasteiger partial charge in [-0.1, -0.05) is 37.2 Å². The lowest BCUT2D eigenvalue weighted by molar-refractivity contribution is -0.130. The second kappa shape index (κ2) is 9.75. The lowest BCUT2D eigenvalue weighted by Crippen LogP contribution is -2.42. The van der Waals surface area contributed by atoms with Gasteiger partial charge in [0.15, 0.2) is 15.0 Å². The Hall–Kier alpha value is -1.87. The number of aromatic nitrogens is 2. The number of rotatable bonds is 9. The molecule has 1 fully saturated rings. The Bertz CT molecular complexity index is 965. The van der Waals surface area contributed by atoms with Crippen LogP contribution in [0.3, 0.4) is 0 Å². The summed E-state index contributed by atoms with van der Waals surface area (Å²) in [6.45, 7) is 5.41. The third-order valence-corrected chi connectivity index (χ3v) is 7.56. The zero-order valence-corrected chi connectivity index (χ0v) is 18.6. The second-order valence-corrected chi connectivity index (χ2v) is 10.4. The molecule has 1 N–H and O–H groups in total. The molecule has 1 unspecified atom stereocenters. The molecule has 0 spiro atoms. The Balaban J connectivity index is 1.73. The second-order valence-electron chi connectivity index (χ2n) is 7.19. The molecule has 3 rings (SSSR count). The summed E-state index contributed by atoms with van der Waals surface area (Å²) in [6.07, 6.45) is 2.35. The number of hydrogen-bond donors (Lipinski definition) is 1. The molecule has 1 aliphatic heterocycles. The summed E-state index contributed by atoms with van der Waals surface area (Å²) in [5.74, 6) is 1.15. The molecule has 0 bridgehead atoms. The summed E-state index contributed by atoms with van der Waals surface area (Å²) in [5.41, 5.74) is 0.832. The van der Waals surface area contributed by atoms with E-state index in [1.54, 1.807) is 4.90 Å². The lowest BCUT2D eigenvalue weighted by atomic mass is 10.2. The van der Waals surface area contributed by atoms with Crippen molar-refractivity contribution in [1.29, 1.82) is 0 Å². The predicted octanol–water partition coefficient (Wildman–Crippen LogP) is 2.97. The molecule has 0 saturated carbocycles. The van der Waals surface area contributed by atoms with E-state index in [1.165, 1.54) is 11.8 Å². The minimum atomic E-state index is -3.04. The summed E-state index contributed by atoms with van der Waals surface area (Å²) in [6, 6.07) is 7.57. The van der Waals surface area contributed by atoms with E-state index in [4.69, 9.17) is 0 Å². The van der Waals surface area contributed by atoms with Crippen LogP contribution in [0.2, 0.25) is 0 Å². The molecule has 29 heavy (non-hydrogen) atoms. The van der Waals surface area contributed by atoms with Crippen molar-refractivity contribution in [3.63, 3.8) is 0 Å². The van der Waals surface area contributed by atoms with Crippen LogP contribution in [-0.2, 0) is 14.6 Å². The molecule has 1 saturated heterocycles. The molecule has 7 nitrogen and oxygen atoms in total. The number of sulfone groups is 1. The maximum absolute atomic E-state index is 12.9. The molecule has 0 aliphatic carbocycles. The first-order valence-corrected chi connectivity index (χ1v) is 12.9. The molecule has 1 aliphatic rings. The maximum Gasteiger partial charge on any atom is 0.233 e. The number of nitrogens with one attached hydrogen (secondary N) is 1. The van der Waals surface area contributed by atoms with Crippen LogP contribution in [0.25, 0.3) is 10.9 Å². The van der Waals surface area contributed by atoms with E-state index in [2.05, 4.69) is 22.2 Å². The fourth-order valence-electron chi connectivity index (χ4n) is 3.49. The maximum atomic E-state index is 12.9. The van der Waals surface area contributed by atoms with Crippen LogP contribution in [0.1, 0.15) is 33.1 Å². The number of hydrogen-bond acceptors (Lipinski definition) is 7. The summed E-state index contributed by atoms with van der Waals surface area (Å²) < 4.78 is 23.7. The van der Waals surface area contributed by atoms with Gasteiger partial charge < -0.3 is 10.2 Å². The van der Waals surface area contributed by atoms with Crippen LogP contribution >= 0.6 is 11.8 Å². The molecule has 0 radical (unpaired) electrons. The average Bonchev–Trinajstić information content (AvgIpc) is 3.06. The molecule has 1 atom stereocenters. The van der Waals surface area contributed by atoms with Crippen molar-refractivity contribution in [3.05, 3.63) is 24.3 Å². The van der Waals surface area contributed by atoms with Crippen LogP contribution in [0.15, 0.2) is 29.4 Å². The van der Waals surface area contributed by atoms with Crippen LogP contribution in [0.4, 0.5) is 5.82 Å². The van der Waals surface area contributed by atoms with Crippen LogP contribution in [0, 0.1) is 0 Å². The van der Waals surface area contributed by atoms with Gasteiger partial charge in [-0.25, -0.2) is 18.4 Å². The minimum Gasteiger partial charge on any atom is -0.370 e. The number of carbonyl (C=O) groups excluding carboxylic acids is 1. The van der Waals surface area contributed by atoms with Crippen molar-refractivity contribution in [3.8, 4) is 0 Å². The topological polar surface area (TPSA) is 92.3 Å². The van der Waals surface area contributed by atoms with Crippen molar-refractivity contribution >= 4 is 44.2 Å². The summed E-state index contributed by atoms with van der Waals surface area (Å²) in [4.78, 5) is 23.8. The molecule has 1 aromatic carbocycles. The van der Waals surface area contributed by atoms with Crippen molar-refractivity contribution in [1.82, 2.24) is 14.9 Å². The van der Waals surface area contributed by atoms with Crippen LogP contribution < -0.4 is 5.32 Å². The number of nitrogens with zero attached hydrogens (tertiary/aromatic N) is 3. The van der Waals surface area contributed by atoms with Crippen molar-refractivity contribution in [2.24, 2.45) is 0 Å². The number of carbonyl (C=O) groups is 1. The molecule has 2 aromatic rings. The van der Waals surface area contributed by atoms with Gasteiger partial charge in [0.25, 0.3) is 0 Å². The van der Waals surface area contributed by atoms with E-state index >= 15 is 0 Å². The normalized spacial score (nSPS) is 18.1. The number of anilines is 1. The van der Waals surface area contributed by atoms with E-state index in [-0.39, 0.29) is 29.2 Å². The molecule has 2 heterocycles. The van der Waals surface area contributed by atoms with Gasteiger partial charge in [0.05, 0.1) is 22.8 Å². The third kappa shape index (κ3) is 5.60. The quantitative estimate of drug-likeness (QED) is 0.477. The van der Waals surface area contributed by atoms with Gasteiger partial charge in [0.1, 0.15) is 5.82 Å². The fraction of sp³-hybridized carbons (Fsp3) is 0.550. The molecule has 1 aromatic heterocycles. The summed E-state index contributed by atoms with van der Waals surface area (Å²) in [5, 5.41) is 4.75. The van der Waals surface area contributed by atoms with E-state index < -0.39 is 9.84 Å². The van der Waals surface area contributed by atoms with E-state index in [9.17, 15) is 13.2 Å². The Morgan fingerprint density at radius 2 is 2.07 bits per heavy atom. The number of fused-ring (bicyclic) bond motifs is 1. The molecular formula is C20H28N4O3S2. The van der Waals surface area contributed by atoms with E-state index in [1.807, 2.05) is 31.2 Å². The predicted molar refractivity (Wildman–Crippen MR) is 118 cm³/mol. The molecule has 1 amide bonds. The highest BCUT2D eigenvalue weighted by Crippen LogP contribution is 2.25. The number of para-hydroxylation sites is 1. The first-order chi connectivity index (χ1) is 13.9. The van der Waals surface area contributed by atoms with Crippen molar-refractivity contribution < 1.29 is 13.2 Å². The number of amides is 1. The lowest BCUT2D eigenvalue weighted by Gasteiger charge is -2.28. The fourth-order valence-corrected chi connectivity index (χ4v) is 5.96. The highest BCUT2D eigenvalue weighted by atomic mass is 32.2. The Morgan fingerprint density at radius 1 is 1.28 bits per heavy atom.